The maximum atomic E-state index is 14.9. The Labute approximate surface area is 652 Å². The summed E-state index contributed by atoms with van der Waals surface area (Å²) in [5, 5.41) is 142. The first-order valence-electron chi connectivity index (χ1n) is 39.7. The average Bonchev–Trinajstić information content (AvgIpc) is 0.769. The molecule has 6 fully saturated rings. The summed E-state index contributed by atoms with van der Waals surface area (Å²) in [7, 11) is 8.12. The van der Waals surface area contributed by atoms with E-state index in [0.717, 1.165) is 0 Å². The number of esters is 2. The molecule has 0 amide bonds. The Morgan fingerprint density at radius 1 is 0.500 bits per heavy atom. The number of likely N-dealkylation sites (N-methyl/N-ethyl adjacent to an activating group) is 2. The number of hydrogen-bond acceptors (Lipinski definition) is 32. The molecule has 0 aromatic rings. The van der Waals surface area contributed by atoms with Crippen molar-refractivity contribution in [1.82, 2.24) is 9.80 Å². The third-order valence-corrected chi connectivity index (χ3v) is 25.2. The van der Waals surface area contributed by atoms with Crippen molar-refractivity contribution in [2.24, 2.45) is 57.7 Å². The van der Waals surface area contributed by atoms with Crippen LogP contribution in [0.5, 0.6) is 0 Å². The zero-order valence-electron chi connectivity index (χ0n) is 70.2. The molecule has 0 saturated carbocycles. The van der Waals surface area contributed by atoms with Crippen LogP contribution in [0, 0.1) is 47.3 Å². The minimum Gasteiger partial charge on any atom is -0.459 e. The molecule has 110 heavy (non-hydrogen) atoms. The van der Waals surface area contributed by atoms with Gasteiger partial charge in [-0.25, -0.2) is 0 Å². The van der Waals surface area contributed by atoms with Gasteiger partial charge in [-0.05, 0) is 136 Å². The molecule has 0 bridgehead atoms. The SMILES string of the molecule is CC[C@H]1OC(=O)[C@H](C)[C@@H](O[C@H]2C[C@@](C)(OC)[C@@H](O)[C@H](C)O2)[C@H](C)[C@@H](O[C@@H]2O[C@H](C)C[C@H](N(C)CCN(C)[C@H]3C[C@@H](C)O[C@@H](O[C@@H]4[C@@H](C)[C@H](O[C@H]5C[C@@](C)(OC)[C@@H](O)[C@H](C)O5)[C@@H](C)C(=O)O[C@H](CC)[C@@](C)(O)[C@H](O)[C@@H](C)/C(=N\OCOCCOC)[C@H](C)C[C@@]4(C)O)[C@@H]3O)[C@H]2O)[C@](C)(O)C[C@@H](C)/C(=N/O)[C@H](C)[C@@H](O)[C@]1(C)O. The topological polar surface area (TPSA) is 426 Å². The second kappa shape index (κ2) is 39.9. The van der Waals surface area contributed by atoms with Crippen LogP contribution in [-0.4, -0.2) is 326 Å². The molecule has 0 spiro atoms. The number of carbonyl (C=O) groups is 2. The van der Waals surface area contributed by atoms with Crippen molar-refractivity contribution in [2.45, 2.75) is 358 Å². The number of carbonyl (C=O) groups excluding carboxylic acids is 2. The van der Waals surface area contributed by atoms with Gasteiger partial charge >= 0.3 is 11.9 Å². The van der Waals surface area contributed by atoms with Crippen LogP contribution in [0.15, 0.2) is 10.3 Å². The van der Waals surface area contributed by atoms with E-state index in [0.29, 0.717) is 12.8 Å². The molecule has 6 heterocycles. The molecule has 0 aromatic heterocycles. The molecule has 36 atom stereocenters. The number of ether oxygens (including phenoxy) is 14. The van der Waals surface area contributed by atoms with Crippen molar-refractivity contribution in [3.63, 3.8) is 0 Å². The van der Waals surface area contributed by atoms with Crippen molar-refractivity contribution >= 4 is 23.4 Å². The lowest BCUT2D eigenvalue weighted by Crippen LogP contribution is -2.62. The van der Waals surface area contributed by atoms with Crippen LogP contribution in [0.25, 0.3) is 0 Å². The summed E-state index contributed by atoms with van der Waals surface area (Å²) in [5.41, 5.74) is -10.2. The van der Waals surface area contributed by atoms with E-state index in [1.165, 1.54) is 42.1 Å². The highest BCUT2D eigenvalue weighted by molar-refractivity contribution is 5.89. The molecule has 6 aliphatic heterocycles. The number of rotatable bonds is 23. The van der Waals surface area contributed by atoms with Crippen LogP contribution in [0.2, 0.25) is 0 Å². The molecule has 0 radical (unpaired) electrons. The van der Waals surface area contributed by atoms with Gasteiger partial charge in [-0.15, -0.1) is 0 Å². The molecular formula is C78H142N4O28. The van der Waals surface area contributed by atoms with Crippen molar-refractivity contribution in [2.75, 3.05) is 68.5 Å². The van der Waals surface area contributed by atoms with Gasteiger partial charge in [-0.2, -0.15) is 0 Å². The molecule has 32 heteroatoms. The maximum Gasteiger partial charge on any atom is 0.311 e. The van der Waals surface area contributed by atoms with Gasteiger partial charge in [0.1, 0.15) is 47.8 Å². The van der Waals surface area contributed by atoms with Crippen LogP contribution in [0.1, 0.15) is 190 Å². The van der Waals surface area contributed by atoms with E-state index < -0.39 is 228 Å². The van der Waals surface area contributed by atoms with E-state index in [4.69, 9.17) is 71.2 Å². The van der Waals surface area contributed by atoms with Gasteiger partial charge < -0.3 is 127 Å². The lowest BCUT2D eigenvalue weighted by molar-refractivity contribution is -0.319. The van der Waals surface area contributed by atoms with Gasteiger partial charge in [0, 0.05) is 94.9 Å². The Kier molecular flexibility index (Phi) is 34.7. The third-order valence-electron chi connectivity index (χ3n) is 25.2. The number of nitrogens with zero attached hydrogens (tertiary/aromatic N) is 4. The Bertz CT molecular complexity index is 2920. The minimum atomic E-state index is -2.07. The molecule has 6 rings (SSSR count). The molecule has 642 valence electrons. The quantitative estimate of drug-likeness (QED) is 0.0226. The molecule has 32 nitrogen and oxygen atoms in total. The zero-order chi connectivity index (χ0) is 83.0. The van der Waals surface area contributed by atoms with Gasteiger partial charge in [0.05, 0.1) is 120 Å². The number of aliphatic hydroxyl groups is 10. The highest BCUT2D eigenvalue weighted by atomic mass is 16.8. The van der Waals surface area contributed by atoms with E-state index in [9.17, 15) is 65.9 Å². The second-order valence-electron chi connectivity index (χ2n) is 34.4. The van der Waals surface area contributed by atoms with Gasteiger partial charge in [-0.3, -0.25) is 19.4 Å². The van der Waals surface area contributed by atoms with Crippen LogP contribution < -0.4 is 0 Å². The Morgan fingerprint density at radius 2 is 0.873 bits per heavy atom. The van der Waals surface area contributed by atoms with E-state index in [-0.39, 0.29) is 83.0 Å². The fraction of sp³-hybridized carbons (Fsp3) is 0.949. The highest BCUT2D eigenvalue weighted by Crippen LogP contribution is 2.45. The summed E-state index contributed by atoms with van der Waals surface area (Å²) < 4.78 is 88.1. The second-order valence-corrected chi connectivity index (χ2v) is 34.4. The molecule has 6 aliphatic rings. The van der Waals surface area contributed by atoms with Crippen LogP contribution >= 0.6 is 0 Å². The Morgan fingerprint density at radius 3 is 1.23 bits per heavy atom. The first-order valence-corrected chi connectivity index (χ1v) is 39.7. The highest BCUT2D eigenvalue weighted by Gasteiger charge is 2.57. The molecule has 0 aromatic carbocycles. The van der Waals surface area contributed by atoms with Crippen molar-refractivity contribution in [3.05, 3.63) is 0 Å². The minimum absolute atomic E-state index is 0.000888. The first-order chi connectivity index (χ1) is 51.1. The summed E-state index contributed by atoms with van der Waals surface area (Å²) in [5.74, 6) is -9.69. The summed E-state index contributed by atoms with van der Waals surface area (Å²) in [6, 6.07) is -1.33. The smallest absolute Gasteiger partial charge is 0.311 e. The fourth-order valence-electron chi connectivity index (χ4n) is 18.0. The lowest BCUT2D eigenvalue weighted by Gasteiger charge is -2.49. The van der Waals surface area contributed by atoms with Crippen molar-refractivity contribution in [1.29, 1.82) is 0 Å². The molecule has 0 unspecified atom stereocenters. The van der Waals surface area contributed by atoms with Crippen LogP contribution in [0.4, 0.5) is 0 Å². The molecular weight excluding hydrogens is 1440 g/mol. The molecule has 6 saturated heterocycles. The van der Waals surface area contributed by atoms with Crippen LogP contribution in [0.3, 0.4) is 0 Å². The molecule has 11 N–H and O–H groups in total. The summed E-state index contributed by atoms with van der Waals surface area (Å²) in [6.45, 7) is 33.6. The normalized spacial score (nSPS) is 47.9. The largest absolute Gasteiger partial charge is 0.459 e. The van der Waals surface area contributed by atoms with Crippen LogP contribution in [-0.2, 0) is 80.7 Å². The maximum absolute atomic E-state index is 14.9. The van der Waals surface area contributed by atoms with E-state index in [1.54, 1.807) is 104 Å². The molecule has 0 aliphatic carbocycles. The number of aliphatic hydroxyl groups excluding tert-OH is 6. The number of oxime groups is 2. The predicted molar refractivity (Wildman–Crippen MR) is 401 cm³/mol. The number of hydrogen-bond donors (Lipinski definition) is 11. The Hall–Kier alpha value is -3.08. The fourth-order valence-corrected chi connectivity index (χ4v) is 18.0. The van der Waals surface area contributed by atoms with Gasteiger partial charge in [0.15, 0.2) is 25.2 Å². The summed E-state index contributed by atoms with van der Waals surface area (Å²) in [4.78, 5) is 39.2. The average molecular weight is 1580 g/mol. The van der Waals surface area contributed by atoms with Crippen molar-refractivity contribution in [3.8, 4) is 0 Å². The third kappa shape index (κ3) is 22.2. The number of methoxy groups -OCH3 is 3. The zero-order valence-corrected chi connectivity index (χ0v) is 70.2. The summed E-state index contributed by atoms with van der Waals surface area (Å²) >= 11 is 0. The van der Waals surface area contributed by atoms with E-state index >= 15 is 0 Å². The van der Waals surface area contributed by atoms with Gasteiger partial charge in [-0.1, -0.05) is 65.7 Å². The van der Waals surface area contributed by atoms with Gasteiger partial charge in [0.2, 0.25) is 6.79 Å². The van der Waals surface area contributed by atoms with E-state index in [1.807, 2.05) is 37.7 Å². The lowest BCUT2D eigenvalue weighted by atomic mass is 9.73. The monoisotopic (exact) mass is 1580 g/mol. The predicted octanol–water partition coefficient (Wildman–Crippen LogP) is 4.01. The standard InChI is InChI=1S/C78H142N4O28/c1-26-53-77(19,93)63(85)43(7)57(79-95)39(3)34-73(15,91)67(45(9)61(47(11)69(89)105-53)107-55-36-75(17,97-24)65(87)49(13)103-55)109-71-59(83)51(32-41(5)101-71)81(21)28-29-82(22)52-33-42(6)102-72(60(52)84)110-68-46(10)62(108-56-37-76(18,98-25)66(88)50(14)104-56)48(12)70(90)106-54(27-2)78(20,94)64(86)44(8)58(40(4)35-74(68,16)92)80-100-38-99-31-30-96-23/h39-56,59-68,71-72,83-88,91-95H,26-38H2,1-25H3/b79-57-,80-58-/t39-,40-,41-,42-,43+,44+,45+,46+,47-,48-,49+,50+,51+,52+,53-,54-,55+,56+,59-,60-,61+,62+,63-,64-,65+,66+,67-,68-,71+,72+,73-,74-,75-,76-,77-,78-/m1/s1. The van der Waals surface area contributed by atoms with E-state index in [2.05, 4.69) is 10.3 Å². The van der Waals surface area contributed by atoms with Gasteiger partial charge in [0.25, 0.3) is 0 Å². The first kappa shape index (κ1) is 95.8. The Balaban J connectivity index is 1.34. The summed E-state index contributed by atoms with van der Waals surface area (Å²) in [6.07, 6.45) is -23.5. The van der Waals surface area contributed by atoms with Crippen molar-refractivity contribution < 1.29 is 137 Å². The number of cyclic esters (lactones) is 2.